The molecule has 0 aromatic carbocycles. The van der Waals surface area contributed by atoms with E-state index in [9.17, 15) is 0 Å². The van der Waals surface area contributed by atoms with Gasteiger partial charge in [0.15, 0.2) is 0 Å². The van der Waals surface area contributed by atoms with Crippen molar-refractivity contribution >= 4 is 0 Å². The number of nitrogens with zero attached hydrogens (tertiary/aromatic N) is 1. The zero-order chi connectivity index (χ0) is 11.6. The molecule has 4 heteroatoms. The van der Waals surface area contributed by atoms with Crippen molar-refractivity contribution in [2.75, 3.05) is 52.5 Å². The van der Waals surface area contributed by atoms with Crippen LogP contribution in [0.1, 0.15) is 20.3 Å². The van der Waals surface area contributed by atoms with Crippen LogP contribution in [0.25, 0.3) is 0 Å². The van der Waals surface area contributed by atoms with Crippen LogP contribution in [0.3, 0.4) is 0 Å². The van der Waals surface area contributed by atoms with Gasteiger partial charge in [0.05, 0.1) is 19.3 Å². The molecule has 1 unspecified atom stereocenters. The number of hydrogen-bond donors (Lipinski definition) is 1. The van der Waals surface area contributed by atoms with Crippen molar-refractivity contribution in [2.45, 2.75) is 26.4 Å². The molecule has 16 heavy (non-hydrogen) atoms. The number of nitrogens with one attached hydrogen (secondary N) is 1. The van der Waals surface area contributed by atoms with E-state index in [4.69, 9.17) is 9.47 Å². The van der Waals surface area contributed by atoms with Crippen molar-refractivity contribution in [2.24, 2.45) is 0 Å². The summed E-state index contributed by atoms with van der Waals surface area (Å²) in [6.45, 7) is 12.0. The van der Waals surface area contributed by atoms with Gasteiger partial charge in [-0.25, -0.2) is 0 Å². The van der Waals surface area contributed by atoms with Crippen molar-refractivity contribution in [3.63, 3.8) is 0 Å². The van der Waals surface area contributed by atoms with Gasteiger partial charge >= 0.3 is 0 Å². The summed E-state index contributed by atoms with van der Waals surface area (Å²) in [6.07, 6.45) is 1.56. The number of morpholine rings is 1. The lowest BCUT2D eigenvalue weighted by Gasteiger charge is -2.32. The maximum absolute atomic E-state index is 5.63. The van der Waals surface area contributed by atoms with E-state index in [1.807, 2.05) is 6.92 Å². The highest BCUT2D eigenvalue weighted by molar-refractivity contribution is 4.70. The topological polar surface area (TPSA) is 33.7 Å². The molecule has 0 aromatic heterocycles. The van der Waals surface area contributed by atoms with Gasteiger partial charge in [0.1, 0.15) is 0 Å². The van der Waals surface area contributed by atoms with Crippen molar-refractivity contribution in [3.8, 4) is 0 Å². The van der Waals surface area contributed by atoms with Gasteiger partial charge in [-0.05, 0) is 13.3 Å². The van der Waals surface area contributed by atoms with E-state index >= 15 is 0 Å². The Balaban J connectivity index is 1.95. The van der Waals surface area contributed by atoms with Gasteiger partial charge in [-0.1, -0.05) is 6.92 Å². The zero-order valence-electron chi connectivity index (χ0n) is 10.7. The van der Waals surface area contributed by atoms with Gasteiger partial charge in [-0.3, -0.25) is 4.90 Å². The van der Waals surface area contributed by atoms with Crippen molar-refractivity contribution in [3.05, 3.63) is 0 Å². The summed E-state index contributed by atoms with van der Waals surface area (Å²) in [5.41, 5.74) is 0. The van der Waals surface area contributed by atoms with Crippen LogP contribution in [0.4, 0.5) is 0 Å². The molecule has 1 aliphatic heterocycles. The highest BCUT2D eigenvalue weighted by Crippen LogP contribution is 2.06. The summed E-state index contributed by atoms with van der Waals surface area (Å²) in [7, 11) is 0. The molecule has 96 valence electrons. The van der Waals surface area contributed by atoms with Crippen LogP contribution in [-0.2, 0) is 9.47 Å². The second-order valence-corrected chi connectivity index (χ2v) is 4.15. The Morgan fingerprint density at radius 3 is 3.00 bits per heavy atom. The first-order valence-electron chi connectivity index (χ1n) is 6.49. The Bertz CT molecular complexity index is 167. The molecule has 0 amide bonds. The molecule has 1 rings (SSSR count). The molecule has 1 fully saturated rings. The lowest BCUT2D eigenvalue weighted by Crippen LogP contribution is -2.44. The molecule has 1 atom stereocenters. The lowest BCUT2D eigenvalue weighted by atomic mass is 10.2. The highest BCUT2D eigenvalue weighted by Gasteiger charge is 2.17. The van der Waals surface area contributed by atoms with Gasteiger partial charge in [0.2, 0.25) is 0 Å². The Kier molecular flexibility index (Phi) is 7.76. The maximum Gasteiger partial charge on any atom is 0.0700 e. The monoisotopic (exact) mass is 230 g/mol. The number of rotatable bonds is 8. The highest BCUT2D eigenvalue weighted by atomic mass is 16.5. The Morgan fingerprint density at radius 1 is 1.38 bits per heavy atom. The predicted octanol–water partition coefficient (Wildman–Crippen LogP) is 0.723. The van der Waals surface area contributed by atoms with Crippen molar-refractivity contribution in [1.82, 2.24) is 10.2 Å². The van der Waals surface area contributed by atoms with E-state index < -0.39 is 0 Å². The van der Waals surface area contributed by atoms with Gasteiger partial charge in [-0.2, -0.15) is 0 Å². The second-order valence-electron chi connectivity index (χ2n) is 4.15. The fraction of sp³-hybridized carbons (Fsp3) is 1.00. The summed E-state index contributed by atoms with van der Waals surface area (Å²) in [6, 6.07) is 0. The van der Waals surface area contributed by atoms with Gasteiger partial charge in [0, 0.05) is 39.3 Å². The Labute approximate surface area is 99.3 Å². The van der Waals surface area contributed by atoms with Crippen LogP contribution in [0.15, 0.2) is 0 Å². The lowest BCUT2D eigenvalue weighted by molar-refractivity contribution is -0.0291. The first-order valence-corrected chi connectivity index (χ1v) is 6.49. The minimum Gasteiger partial charge on any atom is -0.380 e. The molecule has 0 saturated carbocycles. The summed E-state index contributed by atoms with van der Waals surface area (Å²) in [4.78, 5) is 2.48. The molecule has 4 nitrogen and oxygen atoms in total. The van der Waals surface area contributed by atoms with Crippen LogP contribution in [-0.4, -0.2) is 63.5 Å². The largest absolute Gasteiger partial charge is 0.380 e. The smallest absolute Gasteiger partial charge is 0.0700 e. The quantitative estimate of drug-likeness (QED) is 0.623. The van der Waals surface area contributed by atoms with Gasteiger partial charge in [0.25, 0.3) is 0 Å². The van der Waals surface area contributed by atoms with Crippen LogP contribution in [0.2, 0.25) is 0 Å². The SMILES string of the molecule is CCOCCNCCN1CCOC(CC)C1. The summed E-state index contributed by atoms with van der Waals surface area (Å²) in [5, 5.41) is 3.39. The van der Waals surface area contributed by atoms with Crippen LogP contribution >= 0.6 is 0 Å². The molecule has 0 bridgehead atoms. The fourth-order valence-corrected chi connectivity index (χ4v) is 1.88. The molecule has 1 saturated heterocycles. The molecule has 0 spiro atoms. The van der Waals surface area contributed by atoms with Crippen molar-refractivity contribution in [1.29, 1.82) is 0 Å². The van der Waals surface area contributed by atoms with Crippen LogP contribution in [0.5, 0.6) is 0 Å². The molecule has 1 N–H and O–H groups in total. The maximum atomic E-state index is 5.63. The fourth-order valence-electron chi connectivity index (χ4n) is 1.88. The second kappa shape index (κ2) is 8.93. The van der Waals surface area contributed by atoms with Crippen molar-refractivity contribution < 1.29 is 9.47 Å². The van der Waals surface area contributed by atoms with E-state index in [2.05, 4.69) is 17.1 Å². The average Bonchev–Trinajstić information content (AvgIpc) is 2.34. The molecule has 0 radical (unpaired) electrons. The molecule has 1 heterocycles. The summed E-state index contributed by atoms with van der Waals surface area (Å²) in [5.74, 6) is 0. The van der Waals surface area contributed by atoms with E-state index in [0.29, 0.717) is 6.10 Å². The Hall–Kier alpha value is -0.160. The van der Waals surface area contributed by atoms with Gasteiger partial charge in [-0.15, -0.1) is 0 Å². The first kappa shape index (κ1) is 13.9. The number of ether oxygens (including phenoxy) is 2. The summed E-state index contributed by atoms with van der Waals surface area (Å²) < 4.78 is 10.9. The molecular weight excluding hydrogens is 204 g/mol. The Morgan fingerprint density at radius 2 is 2.25 bits per heavy atom. The van der Waals surface area contributed by atoms with E-state index in [1.165, 1.54) is 0 Å². The molecule has 1 aliphatic rings. The molecule has 0 aromatic rings. The normalized spacial score (nSPS) is 22.5. The standard InChI is InChI=1S/C12H26N2O2/c1-3-12-11-14(8-10-16-12)7-5-13-6-9-15-4-2/h12-13H,3-11H2,1-2H3. The first-order chi connectivity index (χ1) is 7.86. The van der Waals surface area contributed by atoms with E-state index in [-0.39, 0.29) is 0 Å². The van der Waals surface area contributed by atoms with Gasteiger partial charge < -0.3 is 14.8 Å². The van der Waals surface area contributed by atoms with Crippen LogP contribution < -0.4 is 5.32 Å². The third-order valence-corrected chi connectivity index (χ3v) is 2.91. The van der Waals surface area contributed by atoms with E-state index in [1.54, 1.807) is 0 Å². The number of hydrogen-bond acceptors (Lipinski definition) is 4. The van der Waals surface area contributed by atoms with E-state index in [0.717, 1.165) is 59.0 Å². The van der Waals surface area contributed by atoms with Crippen LogP contribution in [0, 0.1) is 0 Å². The predicted molar refractivity (Wildman–Crippen MR) is 65.8 cm³/mol. The third kappa shape index (κ3) is 5.80. The third-order valence-electron chi connectivity index (χ3n) is 2.91. The minimum atomic E-state index is 0.442. The zero-order valence-corrected chi connectivity index (χ0v) is 10.7. The minimum absolute atomic E-state index is 0.442. The average molecular weight is 230 g/mol. The molecule has 0 aliphatic carbocycles. The summed E-state index contributed by atoms with van der Waals surface area (Å²) >= 11 is 0. The molecular formula is C12H26N2O2.